The first-order valence-electron chi connectivity index (χ1n) is 6.25. The Balaban J connectivity index is 2.92. The quantitative estimate of drug-likeness (QED) is 0.317. The monoisotopic (exact) mass is 218 g/mol. The molecule has 0 saturated carbocycles. The van der Waals surface area contributed by atoms with Crippen molar-refractivity contribution in [3.63, 3.8) is 0 Å². The van der Waals surface area contributed by atoms with Crippen molar-refractivity contribution in [1.29, 1.82) is 0 Å². The molecule has 0 spiro atoms. The molecule has 0 aromatic rings. The second-order valence-corrected chi connectivity index (χ2v) is 4.16. The molecule has 0 aliphatic heterocycles. The summed E-state index contributed by atoms with van der Waals surface area (Å²) < 4.78 is 0. The van der Waals surface area contributed by atoms with Crippen LogP contribution in [0.3, 0.4) is 0 Å². The molecule has 1 atom stereocenters. The van der Waals surface area contributed by atoms with Crippen LogP contribution in [0.4, 0.5) is 0 Å². The Kier molecular flexibility index (Phi) is 11.9. The average molecular weight is 218 g/mol. The zero-order valence-electron chi connectivity index (χ0n) is 9.95. The van der Waals surface area contributed by atoms with Gasteiger partial charge in [0, 0.05) is 0 Å². The van der Waals surface area contributed by atoms with Gasteiger partial charge in [-0.2, -0.15) is 0 Å². The van der Waals surface area contributed by atoms with Crippen LogP contribution in [0.5, 0.6) is 0 Å². The standard InChI is InChI=1S/C12H26O3/c1-2-12(13)10-8-6-4-3-5-7-9-11-15-14/h12-14H,2-11H2,1H3. The molecule has 2 N–H and O–H groups in total. The smallest absolute Gasteiger partial charge is 0.0819 e. The third-order valence-corrected chi connectivity index (χ3v) is 2.74. The highest BCUT2D eigenvalue weighted by Crippen LogP contribution is 2.10. The van der Waals surface area contributed by atoms with Crippen molar-refractivity contribution in [3.05, 3.63) is 0 Å². The third-order valence-electron chi connectivity index (χ3n) is 2.74. The minimum atomic E-state index is -0.0910. The summed E-state index contributed by atoms with van der Waals surface area (Å²) in [5, 5.41) is 17.4. The number of aliphatic hydroxyl groups excluding tert-OH is 1. The van der Waals surface area contributed by atoms with E-state index in [2.05, 4.69) is 4.89 Å². The van der Waals surface area contributed by atoms with Gasteiger partial charge < -0.3 is 5.11 Å². The van der Waals surface area contributed by atoms with Crippen molar-refractivity contribution in [1.82, 2.24) is 0 Å². The molecule has 0 amide bonds. The summed E-state index contributed by atoms with van der Waals surface area (Å²) in [5.41, 5.74) is 0. The maximum absolute atomic E-state index is 9.32. The molecular formula is C12H26O3. The van der Waals surface area contributed by atoms with Crippen LogP contribution in [0, 0.1) is 0 Å². The minimum absolute atomic E-state index is 0.0910. The van der Waals surface area contributed by atoms with Gasteiger partial charge in [0.05, 0.1) is 12.7 Å². The Hall–Kier alpha value is -0.120. The van der Waals surface area contributed by atoms with Gasteiger partial charge in [-0.1, -0.05) is 45.4 Å². The van der Waals surface area contributed by atoms with Crippen LogP contribution < -0.4 is 0 Å². The summed E-state index contributed by atoms with van der Waals surface area (Å²) in [6.45, 7) is 2.48. The van der Waals surface area contributed by atoms with E-state index >= 15 is 0 Å². The summed E-state index contributed by atoms with van der Waals surface area (Å²) in [6.07, 6.45) is 9.94. The zero-order chi connectivity index (χ0) is 11.4. The van der Waals surface area contributed by atoms with E-state index in [-0.39, 0.29) is 6.10 Å². The van der Waals surface area contributed by atoms with Crippen molar-refractivity contribution < 1.29 is 15.3 Å². The Morgan fingerprint density at radius 1 is 0.933 bits per heavy atom. The van der Waals surface area contributed by atoms with Crippen LogP contribution in [-0.2, 0) is 4.89 Å². The second-order valence-electron chi connectivity index (χ2n) is 4.16. The predicted octanol–water partition coefficient (Wildman–Crippen LogP) is 3.37. The molecule has 0 saturated heterocycles. The first-order chi connectivity index (χ1) is 7.31. The van der Waals surface area contributed by atoms with Crippen molar-refractivity contribution in [2.75, 3.05) is 6.61 Å². The van der Waals surface area contributed by atoms with Crippen LogP contribution >= 0.6 is 0 Å². The Morgan fingerprint density at radius 3 is 2.00 bits per heavy atom. The molecule has 3 nitrogen and oxygen atoms in total. The van der Waals surface area contributed by atoms with E-state index in [4.69, 9.17) is 5.26 Å². The van der Waals surface area contributed by atoms with Gasteiger partial charge in [0.1, 0.15) is 0 Å². The maximum Gasteiger partial charge on any atom is 0.0819 e. The summed E-state index contributed by atoms with van der Waals surface area (Å²) >= 11 is 0. The van der Waals surface area contributed by atoms with Gasteiger partial charge in [0.2, 0.25) is 0 Å². The highest BCUT2D eigenvalue weighted by molar-refractivity contribution is 4.53. The van der Waals surface area contributed by atoms with Gasteiger partial charge >= 0.3 is 0 Å². The summed E-state index contributed by atoms with van der Waals surface area (Å²) in [6, 6.07) is 0. The molecule has 92 valence electrons. The number of aliphatic hydroxyl groups is 1. The topological polar surface area (TPSA) is 49.7 Å². The van der Waals surface area contributed by atoms with Gasteiger partial charge in [0.25, 0.3) is 0 Å². The van der Waals surface area contributed by atoms with Crippen molar-refractivity contribution in [3.8, 4) is 0 Å². The van der Waals surface area contributed by atoms with Crippen LogP contribution in [0.15, 0.2) is 0 Å². The third kappa shape index (κ3) is 11.8. The maximum atomic E-state index is 9.32. The second kappa shape index (κ2) is 12.0. The molecule has 15 heavy (non-hydrogen) atoms. The summed E-state index contributed by atoms with van der Waals surface area (Å²) in [7, 11) is 0. The molecule has 1 unspecified atom stereocenters. The van der Waals surface area contributed by atoms with Crippen LogP contribution in [0.25, 0.3) is 0 Å². The Bertz CT molecular complexity index is 117. The van der Waals surface area contributed by atoms with Crippen molar-refractivity contribution in [2.24, 2.45) is 0 Å². The first kappa shape index (κ1) is 14.9. The lowest BCUT2D eigenvalue weighted by atomic mass is 10.1. The molecule has 0 fully saturated rings. The Labute approximate surface area is 93.4 Å². The van der Waals surface area contributed by atoms with Gasteiger partial charge in [-0.25, -0.2) is 4.89 Å². The fourth-order valence-electron chi connectivity index (χ4n) is 1.63. The van der Waals surface area contributed by atoms with E-state index in [1.54, 1.807) is 0 Å². The molecule has 0 aromatic carbocycles. The van der Waals surface area contributed by atoms with Gasteiger partial charge in [0.15, 0.2) is 0 Å². The van der Waals surface area contributed by atoms with Gasteiger partial charge in [-0.05, 0) is 19.3 Å². The normalized spacial score (nSPS) is 13.0. The van der Waals surface area contributed by atoms with Crippen LogP contribution in [-0.4, -0.2) is 23.1 Å². The van der Waals surface area contributed by atoms with E-state index in [0.29, 0.717) is 6.61 Å². The van der Waals surface area contributed by atoms with E-state index in [1.807, 2.05) is 6.92 Å². The van der Waals surface area contributed by atoms with Gasteiger partial charge in [-0.15, -0.1) is 0 Å². The van der Waals surface area contributed by atoms with E-state index in [9.17, 15) is 5.11 Å². The van der Waals surface area contributed by atoms with E-state index in [0.717, 1.165) is 32.1 Å². The van der Waals surface area contributed by atoms with Crippen LogP contribution in [0.1, 0.15) is 64.7 Å². The highest BCUT2D eigenvalue weighted by Gasteiger charge is 1.99. The number of hydrogen-bond donors (Lipinski definition) is 2. The molecule has 0 aliphatic carbocycles. The van der Waals surface area contributed by atoms with Crippen molar-refractivity contribution >= 4 is 0 Å². The molecule has 0 rings (SSSR count). The van der Waals surface area contributed by atoms with Crippen LogP contribution in [0.2, 0.25) is 0 Å². The molecule has 0 aromatic heterocycles. The minimum Gasteiger partial charge on any atom is -0.393 e. The molecule has 0 radical (unpaired) electrons. The zero-order valence-corrected chi connectivity index (χ0v) is 9.95. The fraction of sp³-hybridized carbons (Fsp3) is 1.00. The van der Waals surface area contributed by atoms with Crippen molar-refractivity contribution in [2.45, 2.75) is 70.8 Å². The average Bonchev–Trinajstić information content (AvgIpc) is 2.26. The fourth-order valence-corrected chi connectivity index (χ4v) is 1.63. The SMILES string of the molecule is CCC(O)CCCCCCCCCOO. The number of unbranched alkanes of at least 4 members (excludes halogenated alkanes) is 6. The predicted molar refractivity (Wildman–Crippen MR) is 61.8 cm³/mol. The van der Waals surface area contributed by atoms with E-state index in [1.165, 1.54) is 25.7 Å². The number of hydrogen-bond acceptors (Lipinski definition) is 3. The lowest BCUT2D eigenvalue weighted by Crippen LogP contribution is -2.03. The van der Waals surface area contributed by atoms with E-state index < -0.39 is 0 Å². The summed E-state index contributed by atoms with van der Waals surface area (Å²) in [4.78, 5) is 4.00. The largest absolute Gasteiger partial charge is 0.393 e. The summed E-state index contributed by atoms with van der Waals surface area (Å²) in [5.74, 6) is 0. The molecule has 0 aliphatic rings. The Morgan fingerprint density at radius 2 is 1.47 bits per heavy atom. The van der Waals surface area contributed by atoms with Gasteiger partial charge in [-0.3, -0.25) is 5.26 Å². The molecular weight excluding hydrogens is 192 g/mol. The molecule has 3 heteroatoms. The lowest BCUT2D eigenvalue weighted by molar-refractivity contribution is -0.242. The lowest BCUT2D eigenvalue weighted by Gasteiger charge is -2.06. The highest BCUT2D eigenvalue weighted by atomic mass is 17.1. The molecule has 0 bridgehead atoms. The number of rotatable bonds is 11. The first-order valence-corrected chi connectivity index (χ1v) is 6.25. The molecule has 0 heterocycles.